The van der Waals surface area contributed by atoms with Gasteiger partial charge in [-0.25, -0.2) is 0 Å². The summed E-state index contributed by atoms with van der Waals surface area (Å²) in [5.41, 5.74) is 8.76. The molecule has 6 nitrogen and oxygen atoms in total. The minimum Gasteiger partial charge on any atom is -0.324 e. The first-order valence-electron chi connectivity index (χ1n) is 9.71. The second-order valence-electron chi connectivity index (χ2n) is 6.86. The molecule has 1 aromatic heterocycles. The van der Waals surface area contributed by atoms with E-state index in [0.29, 0.717) is 33.5 Å². The molecule has 3 aromatic rings. The molecule has 160 valence electrons. The third-order valence-corrected chi connectivity index (χ3v) is 5.29. The Kier molecular flexibility index (Phi) is 7.63. The van der Waals surface area contributed by atoms with Crippen LogP contribution < -0.4 is 16.0 Å². The van der Waals surface area contributed by atoms with Crippen LogP contribution in [0.3, 0.4) is 0 Å². The zero-order valence-corrected chi connectivity index (χ0v) is 18.4. The monoisotopic (exact) mass is 456 g/mol. The number of nitrogens with one attached hydrogen (secondary N) is 1. The number of halogens is 2. The maximum atomic E-state index is 12.9. The van der Waals surface area contributed by atoms with Crippen LogP contribution in [0.25, 0.3) is 0 Å². The van der Waals surface area contributed by atoms with Crippen molar-refractivity contribution in [3.63, 3.8) is 0 Å². The number of hydrogen-bond donors (Lipinski definition) is 2. The fourth-order valence-corrected chi connectivity index (χ4v) is 3.63. The molecule has 0 spiro atoms. The van der Waals surface area contributed by atoms with E-state index in [-0.39, 0.29) is 18.2 Å². The standard InChI is InChI=1S/C23H22Cl2N4O2/c1-2-29(21-8-7-17(24)13-19(21)25)22(30)14-20(26)15-3-5-16(6-4-15)23(31)28-18-9-11-27-12-10-18/h3-13,20H,2,14,26H2,1H3,(H,27,28,31). The number of amides is 2. The molecule has 3 N–H and O–H groups in total. The van der Waals surface area contributed by atoms with Gasteiger partial charge in [0, 0.05) is 47.7 Å². The van der Waals surface area contributed by atoms with Crippen LogP contribution in [-0.2, 0) is 4.79 Å². The van der Waals surface area contributed by atoms with Gasteiger partial charge in [0.2, 0.25) is 5.91 Å². The molecule has 0 bridgehead atoms. The number of pyridine rings is 1. The molecule has 3 rings (SSSR count). The highest BCUT2D eigenvalue weighted by atomic mass is 35.5. The Morgan fingerprint density at radius 3 is 2.35 bits per heavy atom. The Bertz CT molecular complexity index is 1060. The smallest absolute Gasteiger partial charge is 0.255 e. The van der Waals surface area contributed by atoms with Crippen molar-refractivity contribution in [2.75, 3.05) is 16.8 Å². The molecule has 1 unspecified atom stereocenters. The van der Waals surface area contributed by atoms with Crippen LogP contribution >= 0.6 is 23.2 Å². The summed E-state index contributed by atoms with van der Waals surface area (Å²) in [7, 11) is 0. The van der Waals surface area contributed by atoms with Gasteiger partial charge in [-0.15, -0.1) is 0 Å². The number of aromatic nitrogens is 1. The van der Waals surface area contributed by atoms with Gasteiger partial charge in [-0.3, -0.25) is 14.6 Å². The highest BCUT2D eigenvalue weighted by molar-refractivity contribution is 6.36. The molecule has 0 saturated heterocycles. The Balaban J connectivity index is 1.66. The maximum Gasteiger partial charge on any atom is 0.255 e. The number of benzene rings is 2. The van der Waals surface area contributed by atoms with Crippen LogP contribution in [0.15, 0.2) is 67.0 Å². The topological polar surface area (TPSA) is 88.3 Å². The van der Waals surface area contributed by atoms with Gasteiger partial charge < -0.3 is 16.0 Å². The predicted molar refractivity (Wildman–Crippen MR) is 125 cm³/mol. The van der Waals surface area contributed by atoms with Gasteiger partial charge >= 0.3 is 0 Å². The van der Waals surface area contributed by atoms with E-state index in [4.69, 9.17) is 28.9 Å². The molecular weight excluding hydrogens is 435 g/mol. The Morgan fingerprint density at radius 1 is 1.06 bits per heavy atom. The second kappa shape index (κ2) is 10.4. The van der Waals surface area contributed by atoms with E-state index >= 15 is 0 Å². The molecule has 0 aliphatic rings. The average molecular weight is 457 g/mol. The number of carbonyl (C=O) groups is 2. The first-order valence-corrected chi connectivity index (χ1v) is 10.5. The van der Waals surface area contributed by atoms with Crippen LogP contribution in [0.4, 0.5) is 11.4 Å². The van der Waals surface area contributed by atoms with Crippen molar-refractivity contribution < 1.29 is 9.59 Å². The van der Waals surface area contributed by atoms with Crippen molar-refractivity contribution in [3.8, 4) is 0 Å². The van der Waals surface area contributed by atoms with Gasteiger partial charge in [0.1, 0.15) is 0 Å². The molecule has 0 aliphatic carbocycles. The summed E-state index contributed by atoms with van der Waals surface area (Å²) in [6.45, 7) is 2.31. The number of anilines is 2. The fraction of sp³-hybridized carbons (Fsp3) is 0.174. The maximum absolute atomic E-state index is 12.9. The molecule has 0 radical (unpaired) electrons. The van der Waals surface area contributed by atoms with Crippen molar-refractivity contribution in [3.05, 3.63) is 88.2 Å². The number of nitrogens with two attached hydrogens (primary N) is 1. The summed E-state index contributed by atoms with van der Waals surface area (Å²) in [6, 6.07) is 14.8. The van der Waals surface area contributed by atoms with Crippen molar-refractivity contribution in [2.24, 2.45) is 5.73 Å². The van der Waals surface area contributed by atoms with E-state index in [1.54, 1.807) is 71.9 Å². The van der Waals surface area contributed by atoms with Crippen LogP contribution in [0.5, 0.6) is 0 Å². The van der Waals surface area contributed by atoms with Gasteiger partial charge in [0.25, 0.3) is 5.91 Å². The predicted octanol–water partition coefficient (Wildman–Crippen LogP) is 5.08. The minimum atomic E-state index is -0.523. The third kappa shape index (κ3) is 5.82. The molecule has 1 heterocycles. The molecular formula is C23H22Cl2N4O2. The molecule has 0 fully saturated rings. The summed E-state index contributed by atoms with van der Waals surface area (Å²) < 4.78 is 0. The molecule has 2 amide bonds. The lowest BCUT2D eigenvalue weighted by Crippen LogP contribution is -2.33. The van der Waals surface area contributed by atoms with Crippen LogP contribution in [0.2, 0.25) is 10.0 Å². The van der Waals surface area contributed by atoms with E-state index in [9.17, 15) is 9.59 Å². The Labute approximate surface area is 191 Å². The summed E-state index contributed by atoms with van der Waals surface area (Å²) in [4.78, 5) is 30.7. The molecule has 0 saturated carbocycles. The van der Waals surface area contributed by atoms with Gasteiger partial charge in [-0.1, -0.05) is 35.3 Å². The lowest BCUT2D eigenvalue weighted by atomic mass is 10.0. The first kappa shape index (κ1) is 22.7. The van der Waals surface area contributed by atoms with Crippen LogP contribution in [0, 0.1) is 0 Å². The van der Waals surface area contributed by atoms with E-state index in [0.717, 1.165) is 5.56 Å². The average Bonchev–Trinajstić information content (AvgIpc) is 2.76. The van der Waals surface area contributed by atoms with E-state index in [2.05, 4.69) is 10.3 Å². The number of carbonyl (C=O) groups excluding carboxylic acids is 2. The van der Waals surface area contributed by atoms with Gasteiger partial charge in [0.15, 0.2) is 0 Å². The summed E-state index contributed by atoms with van der Waals surface area (Å²) in [5.74, 6) is -0.393. The largest absolute Gasteiger partial charge is 0.324 e. The molecule has 8 heteroatoms. The fourth-order valence-electron chi connectivity index (χ4n) is 3.12. The first-order chi connectivity index (χ1) is 14.9. The molecule has 31 heavy (non-hydrogen) atoms. The van der Waals surface area contributed by atoms with E-state index in [1.807, 2.05) is 6.92 Å². The van der Waals surface area contributed by atoms with Gasteiger partial charge in [-0.05, 0) is 55.0 Å². The van der Waals surface area contributed by atoms with Crippen LogP contribution in [0.1, 0.15) is 35.3 Å². The summed E-state index contributed by atoms with van der Waals surface area (Å²) in [5, 5.41) is 3.70. The normalized spacial score (nSPS) is 11.6. The number of nitrogens with zero attached hydrogens (tertiary/aromatic N) is 2. The lowest BCUT2D eigenvalue weighted by molar-refractivity contribution is -0.118. The van der Waals surface area contributed by atoms with Gasteiger partial charge in [-0.2, -0.15) is 0 Å². The lowest BCUT2D eigenvalue weighted by Gasteiger charge is -2.24. The third-order valence-electron chi connectivity index (χ3n) is 4.75. The van der Waals surface area contributed by atoms with Crippen molar-refractivity contribution in [1.82, 2.24) is 4.98 Å². The summed E-state index contributed by atoms with van der Waals surface area (Å²) in [6.07, 6.45) is 3.30. The Morgan fingerprint density at radius 2 is 1.74 bits per heavy atom. The quantitative estimate of drug-likeness (QED) is 0.518. The van der Waals surface area contributed by atoms with E-state index < -0.39 is 6.04 Å². The van der Waals surface area contributed by atoms with Crippen molar-refractivity contribution in [1.29, 1.82) is 0 Å². The van der Waals surface area contributed by atoms with Gasteiger partial charge in [0.05, 0.1) is 10.7 Å². The zero-order valence-electron chi connectivity index (χ0n) is 16.9. The number of rotatable bonds is 7. The van der Waals surface area contributed by atoms with Crippen molar-refractivity contribution >= 4 is 46.4 Å². The van der Waals surface area contributed by atoms with Crippen molar-refractivity contribution in [2.45, 2.75) is 19.4 Å². The molecule has 1 atom stereocenters. The molecule has 0 aliphatic heterocycles. The zero-order chi connectivity index (χ0) is 22.4. The van der Waals surface area contributed by atoms with Crippen LogP contribution in [-0.4, -0.2) is 23.3 Å². The summed E-state index contributed by atoms with van der Waals surface area (Å²) >= 11 is 12.2. The highest BCUT2D eigenvalue weighted by Crippen LogP contribution is 2.30. The minimum absolute atomic E-state index is 0.0926. The molecule has 2 aromatic carbocycles. The Hall–Kier alpha value is -2.93. The van der Waals surface area contributed by atoms with E-state index in [1.165, 1.54) is 0 Å². The number of hydrogen-bond acceptors (Lipinski definition) is 4. The second-order valence-corrected chi connectivity index (χ2v) is 7.70. The SMILES string of the molecule is CCN(C(=O)CC(N)c1ccc(C(=O)Nc2ccncc2)cc1)c1ccc(Cl)cc1Cl. The highest BCUT2D eigenvalue weighted by Gasteiger charge is 2.20.